The van der Waals surface area contributed by atoms with Crippen molar-refractivity contribution >= 4 is 5.52 Å². The van der Waals surface area contributed by atoms with Crippen LogP contribution in [0.5, 0.6) is 5.75 Å². The number of ether oxygens (including phenoxy) is 1. The molecule has 0 saturated heterocycles. The number of hydrogen-bond acceptors (Lipinski definition) is 6. The van der Waals surface area contributed by atoms with Crippen molar-refractivity contribution < 1.29 is 18.6 Å². The van der Waals surface area contributed by atoms with E-state index < -0.39 is 12.2 Å². The minimum Gasteiger partial charge on any atom is -0.435 e. The summed E-state index contributed by atoms with van der Waals surface area (Å²) in [6, 6.07) is 9.22. The lowest BCUT2D eigenvalue weighted by molar-refractivity contribution is -0.0504. The van der Waals surface area contributed by atoms with E-state index in [4.69, 9.17) is 9.84 Å². The Hall–Kier alpha value is -3.43. The maximum atomic E-state index is 13.1. The molecule has 3 aromatic heterocycles. The van der Waals surface area contributed by atoms with Gasteiger partial charge >= 0.3 is 6.61 Å². The van der Waals surface area contributed by atoms with Crippen LogP contribution in [-0.2, 0) is 25.1 Å². The molecule has 0 saturated carbocycles. The number of rotatable bonds is 4. The summed E-state index contributed by atoms with van der Waals surface area (Å²) >= 11 is 0. The Morgan fingerprint density at radius 1 is 1.06 bits per heavy atom. The van der Waals surface area contributed by atoms with Crippen molar-refractivity contribution in [2.24, 2.45) is 0 Å². The van der Waals surface area contributed by atoms with Gasteiger partial charge in [-0.3, -0.25) is 4.90 Å². The molecule has 0 fully saturated rings. The van der Waals surface area contributed by atoms with Gasteiger partial charge in [0.15, 0.2) is 5.82 Å². The standard InChI is InChI=1S/C25H25F2N5O2/c1-25(2,33)23-28-11-17(12-29-23)15-7-8-32-21(9-15)19-10-18-16(13-31(3)14-20(19)30-32)5-4-6-22(18)34-24(26)27/h4-9,11-12,24,33H,10,13-14H2,1-3H3. The maximum Gasteiger partial charge on any atom is 0.387 e. The van der Waals surface area contributed by atoms with Gasteiger partial charge in [-0.1, -0.05) is 12.1 Å². The molecule has 9 heteroatoms. The molecule has 1 N–H and O–H groups in total. The second kappa shape index (κ2) is 8.41. The molecule has 4 aromatic rings. The predicted molar refractivity (Wildman–Crippen MR) is 123 cm³/mol. The van der Waals surface area contributed by atoms with Gasteiger partial charge in [-0.15, -0.1) is 0 Å². The van der Waals surface area contributed by atoms with E-state index in [0.717, 1.165) is 39.0 Å². The number of aromatic nitrogens is 4. The summed E-state index contributed by atoms with van der Waals surface area (Å²) in [6.07, 6.45) is 5.68. The van der Waals surface area contributed by atoms with E-state index in [1.807, 2.05) is 36.0 Å². The first-order valence-corrected chi connectivity index (χ1v) is 11.0. The summed E-state index contributed by atoms with van der Waals surface area (Å²) in [7, 11) is 1.98. The Morgan fingerprint density at radius 2 is 1.82 bits per heavy atom. The number of halogens is 2. The third-order valence-corrected chi connectivity index (χ3v) is 6.01. The van der Waals surface area contributed by atoms with Crippen molar-refractivity contribution in [3.63, 3.8) is 0 Å². The van der Waals surface area contributed by atoms with Crippen LogP contribution in [0.15, 0.2) is 48.9 Å². The third-order valence-electron chi connectivity index (χ3n) is 6.01. The number of benzene rings is 1. The number of aliphatic hydroxyl groups is 1. The molecule has 0 amide bonds. The lowest BCUT2D eigenvalue weighted by Gasteiger charge is -2.23. The van der Waals surface area contributed by atoms with Crippen LogP contribution in [-0.4, -0.2) is 43.2 Å². The van der Waals surface area contributed by atoms with Gasteiger partial charge in [0.2, 0.25) is 0 Å². The number of hydrogen-bond donors (Lipinski definition) is 1. The highest BCUT2D eigenvalue weighted by Crippen LogP contribution is 2.33. The van der Waals surface area contributed by atoms with Crippen LogP contribution < -0.4 is 4.74 Å². The molecule has 0 spiro atoms. The Balaban J connectivity index is 1.61. The Kier molecular flexibility index (Phi) is 5.53. The molecule has 0 bridgehead atoms. The Bertz CT molecular complexity index is 1330. The first-order valence-electron chi connectivity index (χ1n) is 11.0. The highest BCUT2D eigenvalue weighted by Gasteiger charge is 2.24. The van der Waals surface area contributed by atoms with Gasteiger partial charge in [-0.2, -0.15) is 13.9 Å². The van der Waals surface area contributed by atoms with Crippen molar-refractivity contribution in [3.8, 4) is 16.9 Å². The average molecular weight is 466 g/mol. The minimum absolute atomic E-state index is 0.194. The Labute approximate surface area is 195 Å². The summed E-state index contributed by atoms with van der Waals surface area (Å²) < 4.78 is 32.9. The van der Waals surface area contributed by atoms with E-state index in [-0.39, 0.29) is 5.75 Å². The average Bonchev–Trinajstić information content (AvgIpc) is 3.09. The molecule has 34 heavy (non-hydrogen) atoms. The van der Waals surface area contributed by atoms with Crippen molar-refractivity contribution in [2.45, 2.75) is 45.6 Å². The van der Waals surface area contributed by atoms with Crippen molar-refractivity contribution in [1.82, 2.24) is 24.5 Å². The van der Waals surface area contributed by atoms with Gasteiger partial charge < -0.3 is 9.84 Å². The van der Waals surface area contributed by atoms with Crippen LogP contribution >= 0.6 is 0 Å². The van der Waals surface area contributed by atoms with Crippen LogP contribution in [0, 0.1) is 0 Å². The van der Waals surface area contributed by atoms with Crippen LogP contribution in [0.1, 0.15) is 42.1 Å². The highest BCUT2D eigenvalue weighted by atomic mass is 19.3. The SMILES string of the molecule is CN1Cc2cccc(OC(F)F)c2Cc2c(nn3ccc(-c4cnc(C(C)(C)O)nc4)cc23)C1. The number of alkyl halides is 2. The topological polar surface area (TPSA) is 75.8 Å². The zero-order chi connectivity index (χ0) is 24.0. The van der Waals surface area contributed by atoms with E-state index in [2.05, 4.69) is 14.9 Å². The van der Waals surface area contributed by atoms with Crippen LogP contribution in [0.2, 0.25) is 0 Å². The van der Waals surface area contributed by atoms with Gasteiger partial charge in [-0.05, 0) is 50.2 Å². The van der Waals surface area contributed by atoms with Gasteiger partial charge in [0.05, 0.1) is 11.2 Å². The van der Waals surface area contributed by atoms with Crippen molar-refractivity contribution in [2.75, 3.05) is 7.05 Å². The molecule has 0 atom stereocenters. The number of pyridine rings is 1. The normalized spacial score (nSPS) is 14.6. The second-order valence-electron chi connectivity index (χ2n) is 9.15. The van der Waals surface area contributed by atoms with E-state index >= 15 is 0 Å². The summed E-state index contributed by atoms with van der Waals surface area (Å²) in [4.78, 5) is 10.7. The second-order valence-corrected chi connectivity index (χ2v) is 9.15. The fourth-order valence-corrected chi connectivity index (χ4v) is 4.38. The van der Waals surface area contributed by atoms with E-state index in [1.54, 1.807) is 38.4 Å². The summed E-state index contributed by atoms with van der Waals surface area (Å²) in [5.74, 6) is 0.540. The fraction of sp³-hybridized carbons (Fsp3) is 0.320. The summed E-state index contributed by atoms with van der Waals surface area (Å²) in [5, 5.41) is 14.9. The lowest BCUT2D eigenvalue weighted by Crippen LogP contribution is -2.22. The van der Waals surface area contributed by atoms with Crippen LogP contribution in [0.4, 0.5) is 8.78 Å². The summed E-state index contributed by atoms with van der Waals surface area (Å²) in [5.41, 5.74) is 5.01. The number of nitrogens with zero attached hydrogens (tertiary/aromatic N) is 5. The van der Waals surface area contributed by atoms with Gasteiger partial charge in [-0.25, -0.2) is 14.5 Å². The first kappa shape index (κ1) is 22.4. The van der Waals surface area contributed by atoms with Crippen molar-refractivity contribution in [1.29, 1.82) is 0 Å². The molecular formula is C25H25F2N5O2. The Morgan fingerprint density at radius 3 is 2.53 bits per heavy atom. The molecule has 7 nitrogen and oxygen atoms in total. The largest absolute Gasteiger partial charge is 0.435 e. The smallest absolute Gasteiger partial charge is 0.387 e. The van der Waals surface area contributed by atoms with Crippen LogP contribution in [0.3, 0.4) is 0 Å². The third kappa shape index (κ3) is 4.24. The fourth-order valence-electron chi connectivity index (χ4n) is 4.38. The molecule has 0 unspecified atom stereocenters. The quantitative estimate of drug-likeness (QED) is 0.488. The number of fused-ring (bicyclic) bond motifs is 4. The van der Waals surface area contributed by atoms with Crippen molar-refractivity contribution in [3.05, 3.63) is 77.1 Å². The van der Waals surface area contributed by atoms with Gasteiger partial charge in [0.25, 0.3) is 0 Å². The maximum absolute atomic E-state index is 13.1. The zero-order valence-corrected chi connectivity index (χ0v) is 19.2. The predicted octanol–water partition coefficient (Wildman–Crippen LogP) is 4.16. The molecule has 1 aromatic carbocycles. The lowest BCUT2D eigenvalue weighted by atomic mass is 9.95. The summed E-state index contributed by atoms with van der Waals surface area (Å²) in [6.45, 7) is 1.63. The van der Waals surface area contributed by atoms with E-state index in [0.29, 0.717) is 25.3 Å². The molecule has 0 aliphatic carbocycles. The molecule has 176 valence electrons. The molecule has 4 heterocycles. The molecule has 5 rings (SSSR count). The van der Waals surface area contributed by atoms with E-state index in [1.165, 1.54) is 0 Å². The molecule has 0 radical (unpaired) electrons. The highest BCUT2D eigenvalue weighted by molar-refractivity contribution is 5.71. The van der Waals surface area contributed by atoms with Crippen LogP contribution in [0.25, 0.3) is 16.6 Å². The molecular weight excluding hydrogens is 440 g/mol. The zero-order valence-electron chi connectivity index (χ0n) is 19.2. The molecule has 1 aliphatic rings. The van der Waals surface area contributed by atoms with E-state index in [9.17, 15) is 13.9 Å². The van der Waals surface area contributed by atoms with Gasteiger partial charge in [0.1, 0.15) is 11.4 Å². The van der Waals surface area contributed by atoms with Gasteiger partial charge in [0, 0.05) is 54.8 Å². The molecule has 1 aliphatic heterocycles. The minimum atomic E-state index is -2.89. The first-order chi connectivity index (χ1) is 16.2. The monoisotopic (exact) mass is 465 g/mol.